The molecule has 5 rings (SSSR count). The maximum Gasteiger partial charge on any atom is 0.416 e. The molecule has 3 aromatic carbocycles. The van der Waals surface area contributed by atoms with Crippen molar-refractivity contribution < 1.29 is 36.3 Å². The van der Waals surface area contributed by atoms with Gasteiger partial charge in [0.15, 0.2) is 6.29 Å². The number of nitrogens with zero attached hydrogens (tertiary/aromatic N) is 2. The molecule has 0 bridgehead atoms. The zero-order valence-electron chi connectivity index (χ0n) is 19.1. The molecule has 0 saturated heterocycles. The molecule has 1 unspecified atom stereocenters. The number of aromatic nitrogens is 2. The second-order valence-electron chi connectivity index (χ2n) is 8.49. The Morgan fingerprint density at radius 2 is 1.89 bits per heavy atom. The Morgan fingerprint density at radius 1 is 1.16 bits per heavy atom. The first-order valence-corrected chi connectivity index (χ1v) is 11.2. The molecule has 0 saturated carbocycles. The predicted octanol–water partition coefficient (Wildman–Crippen LogP) is 5.42. The minimum atomic E-state index is -4.93. The molecule has 2 N–H and O–H groups in total. The largest absolute Gasteiger partial charge is 0.416 e. The number of benzene rings is 3. The van der Waals surface area contributed by atoms with E-state index in [1.165, 1.54) is 29.9 Å². The van der Waals surface area contributed by atoms with Gasteiger partial charge in [0, 0.05) is 34.3 Å². The molecule has 0 fully saturated rings. The molecule has 0 radical (unpaired) electrons. The summed E-state index contributed by atoms with van der Waals surface area (Å²) in [6.07, 6.45) is -4.50. The number of amides is 2. The van der Waals surface area contributed by atoms with Crippen LogP contribution in [0.2, 0.25) is 5.02 Å². The van der Waals surface area contributed by atoms with Crippen molar-refractivity contribution in [2.45, 2.75) is 12.2 Å². The van der Waals surface area contributed by atoms with E-state index in [1.807, 2.05) is 0 Å². The number of fused-ring (bicyclic) bond motifs is 2. The molecule has 1 aromatic heterocycles. The lowest BCUT2D eigenvalue weighted by atomic mass is 9.93. The number of aryl methyl sites for hydroxylation is 1. The second kappa shape index (κ2) is 8.91. The van der Waals surface area contributed by atoms with Gasteiger partial charge < -0.3 is 10.6 Å². The molecular formula is C25H14ClF5N4O3. The lowest BCUT2D eigenvalue weighted by Crippen LogP contribution is -2.22. The number of carbonyl (C=O) groups is 3. The van der Waals surface area contributed by atoms with Gasteiger partial charge in [-0.05, 0) is 42.5 Å². The smallest absolute Gasteiger partial charge is 0.341 e. The zero-order chi connectivity index (χ0) is 27.5. The lowest BCUT2D eigenvalue weighted by molar-refractivity contribution is -0.137. The van der Waals surface area contributed by atoms with E-state index in [9.17, 15) is 36.3 Å². The zero-order valence-corrected chi connectivity index (χ0v) is 19.8. The molecule has 38 heavy (non-hydrogen) atoms. The van der Waals surface area contributed by atoms with Crippen LogP contribution >= 0.6 is 11.6 Å². The molecule has 194 valence electrons. The van der Waals surface area contributed by atoms with Crippen molar-refractivity contribution in [3.05, 3.63) is 92.6 Å². The van der Waals surface area contributed by atoms with Gasteiger partial charge in [-0.1, -0.05) is 11.6 Å². The van der Waals surface area contributed by atoms with Crippen LogP contribution in [0.1, 0.15) is 53.9 Å². The predicted molar refractivity (Wildman–Crippen MR) is 126 cm³/mol. The molecule has 1 atom stereocenters. The van der Waals surface area contributed by atoms with Crippen LogP contribution < -0.4 is 10.6 Å². The summed E-state index contributed by atoms with van der Waals surface area (Å²) in [6, 6.07) is 5.07. The molecule has 1 aliphatic heterocycles. The Kier molecular flexibility index (Phi) is 5.94. The number of carbonyl (C=O) groups excluding carboxylic acids is 3. The third kappa shape index (κ3) is 4.16. The number of hydrogen-bond acceptors (Lipinski definition) is 4. The third-order valence-corrected chi connectivity index (χ3v) is 6.36. The molecule has 2 amide bonds. The Balaban J connectivity index is 1.75. The monoisotopic (exact) mass is 548 g/mol. The normalized spacial score (nSPS) is 14.9. The van der Waals surface area contributed by atoms with Crippen LogP contribution in [0.5, 0.6) is 0 Å². The topological polar surface area (TPSA) is 93.1 Å². The van der Waals surface area contributed by atoms with Crippen molar-refractivity contribution in [3.8, 4) is 0 Å². The number of aldehydes is 1. The minimum Gasteiger partial charge on any atom is -0.341 e. The summed E-state index contributed by atoms with van der Waals surface area (Å²) in [5.74, 6) is -3.88. The number of halogens is 6. The van der Waals surface area contributed by atoms with E-state index in [4.69, 9.17) is 11.6 Å². The van der Waals surface area contributed by atoms with E-state index < -0.39 is 46.8 Å². The summed E-state index contributed by atoms with van der Waals surface area (Å²) in [4.78, 5) is 38.0. The van der Waals surface area contributed by atoms with Crippen molar-refractivity contribution in [3.63, 3.8) is 0 Å². The first-order valence-electron chi connectivity index (χ1n) is 10.8. The fraction of sp³-hybridized carbons (Fsp3) is 0.120. The third-order valence-electron chi connectivity index (χ3n) is 6.12. The van der Waals surface area contributed by atoms with E-state index in [2.05, 4.69) is 15.7 Å². The van der Waals surface area contributed by atoms with Crippen LogP contribution in [0.4, 0.5) is 27.6 Å². The van der Waals surface area contributed by atoms with E-state index in [1.54, 1.807) is 0 Å². The standard InChI is InChI=1S/C25H14ClF5N4O3/c1-35-18(9-36)20-17(34-35)8-15-19(21(32-24(15)38)14-7-12(26)2-3-16(14)28)22(20)33-23(37)10-4-11(25(29,30)31)6-13(27)5-10/h2-9,21H,1H3,(H,32,38)(H,33,37). The molecular weight excluding hydrogens is 535 g/mol. The molecule has 7 nitrogen and oxygen atoms in total. The summed E-state index contributed by atoms with van der Waals surface area (Å²) < 4.78 is 69.8. The van der Waals surface area contributed by atoms with Crippen molar-refractivity contribution >= 4 is 46.3 Å². The van der Waals surface area contributed by atoms with E-state index in [0.29, 0.717) is 18.4 Å². The van der Waals surface area contributed by atoms with Gasteiger partial charge in [-0.25, -0.2) is 8.78 Å². The van der Waals surface area contributed by atoms with Gasteiger partial charge in [0.05, 0.1) is 28.2 Å². The van der Waals surface area contributed by atoms with Crippen LogP contribution in [-0.4, -0.2) is 27.9 Å². The van der Waals surface area contributed by atoms with Crippen LogP contribution in [-0.2, 0) is 13.2 Å². The number of rotatable bonds is 4. The second-order valence-corrected chi connectivity index (χ2v) is 8.92. The highest BCUT2D eigenvalue weighted by atomic mass is 35.5. The molecule has 13 heteroatoms. The first-order chi connectivity index (χ1) is 17.9. The van der Waals surface area contributed by atoms with Crippen LogP contribution in [0, 0.1) is 11.6 Å². The summed E-state index contributed by atoms with van der Waals surface area (Å²) in [5, 5.41) is 9.38. The fourth-order valence-corrected chi connectivity index (χ4v) is 4.65. The number of nitrogens with one attached hydrogen (secondary N) is 2. The van der Waals surface area contributed by atoms with Crippen molar-refractivity contribution in [2.75, 3.05) is 5.32 Å². The highest BCUT2D eigenvalue weighted by Crippen LogP contribution is 2.43. The fourth-order valence-electron chi connectivity index (χ4n) is 4.47. The Bertz CT molecular complexity index is 1680. The van der Waals surface area contributed by atoms with E-state index >= 15 is 0 Å². The van der Waals surface area contributed by atoms with Crippen molar-refractivity contribution in [2.24, 2.45) is 7.05 Å². The van der Waals surface area contributed by atoms with Gasteiger partial charge >= 0.3 is 6.18 Å². The Labute approximate surface area is 215 Å². The van der Waals surface area contributed by atoms with Crippen LogP contribution in [0.25, 0.3) is 10.9 Å². The average molecular weight is 549 g/mol. The maximum absolute atomic E-state index is 14.8. The summed E-state index contributed by atoms with van der Waals surface area (Å²) in [5.41, 5.74) is -2.26. The van der Waals surface area contributed by atoms with Crippen molar-refractivity contribution in [1.29, 1.82) is 0 Å². The Hall–Kier alpha value is -4.32. The SMILES string of the molecule is Cn1nc2cc3c(c(NC(=O)c4cc(F)cc(C(F)(F)F)c4)c2c1C=O)C(c1cc(Cl)ccc1F)NC3=O. The molecule has 4 aromatic rings. The van der Waals surface area contributed by atoms with Crippen LogP contribution in [0.15, 0.2) is 42.5 Å². The highest BCUT2D eigenvalue weighted by Gasteiger charge is 2.37. The summed E-state index contributed by atoms with van der Waals surface area (Å²) in [6.45, 7) is 0. The summed E-state index contributed by atoms with van der Waals surface area (Å²) >= 11 is 6.04. The number of hydrogen-bond donors (Lipinski definition) is 2. The van der Waals surface area contributed by atoms with Gasteiger partial charge in [0.25, 0.3) is 11.8 Å². The van der Waals surface area contributed by atoms with Gasteiger partial charge in [-0.3, -0.25) is 19.1 Å². The minimum absolute atomic E-state index is 0.0250. The molecule has 0 aliphatic carbocycles. The van der Waals surface area contributed by atoms with Gasteiger partial charge in [0.2, 0.25) is 0 Å². The first kappa shape index (κ1) is 25.3. The molecule has 1 aliphatic rings. The highest BCUT2D eigenvalue weighted by molar-refractivity contribution is 6.30. The molecule has 2 heterocycles. The lowest BCUT2D eigenvalue weighted by Gasteiger charge is -2.19. The van der Waals surface area contributed by atoms with Gasteiger partial charge in [-0.2, -0.15) is 18.3 Å². The van der Waals surface area contributed by atoms with Crippen LogP contribution in [0.3, 0.4) is 0 Å². The van der Waals surface area contributed by atoms with Gasteiger partial charge in [-0.15, -0.1) is 0 Å². The number of anilines is 1. The average Bonchev–Trinajstić information content (AvgIpc) is 3.35. The quantitative estimate of drug-likeness (QED) is 0.263. The Morgan fingerprint density at radius 3 is 2.58 bits per heavy atom. The van der Waals surface area contributed by atoms with E-state index in [0.717, 1.165) is 6.07 Å². The van der Waals surface area contributed by atoms with Gasteiger partial charge in [0.1, 0.15) is 17.3 Å². The maximum atomic E-state index is 14.8. The summed E-state index contributed by atoms with van der Waals surface area (Å²) in [7, 11) is 1.43. The van der Waals surface area contributed by atoms with E-state index in [-0.39, 0.29) is 50.1 Å². The molecule has 0 spiro atoms. The van der Waals surface area contributed by atoms with Crippen molar-refractivity contribution in [1.82, 2.24) is 15.1 Å². The number of alkyl halides is 3.